The van der Waals surface area contributed by atoms with Crippen LogP contribution in [0.2, 0.25) is 0 Å². The first-order chi connectivity index (χ1) is 16.3. The minimum atomic E-state index is -0.582. The Morgan fingerprint density at radius 3 is 2.09 bits per heavy atom. The van der Waals surface area contributed by atoms with E-state index in [1.54, 1.807) is 28.4 Å². The third kappa shape index (κ3) is 4.95. The molecule has 1 aliphatic heterocycles. The molecule has 0 saturated carbocycles. The van der Waals surface area contributed by atoms with Crippen LogP contribution in [0, 0.1) is 17.2 Å². The van der Waals surface area contributed by atoms with Crippen LogP contribution in [0.4, 0.5) is 0 Å². The number of methoxy groups -OCH3 is 4. The monoisotopic (exact) mass is 466 g/mol. The van der Waals surface area contributed by atoms with Crippen molar-refractivity contribution in [3.8, 4) is 29.1 Å². The topological polar surface area (TPSA) is 64.0 Å². The Hall–Kier alpha value is -2.91. The molecule has 0 bridgehead atoms. The molecule has 34 heavy (non-hydrogen) atoms. The molecule has 6 nitrogen and oxygen atoms in total. The molecule has 0 unspecified atom stereocenters. The first kappa shape index (κ1) is 25.7. The van der Waals surface area contributed by atoms with Crippen LogP contribution in [0.5, 0.6) is 23.0 Å². The minimum Gasteiger partial charge on any atom is -0.493 e. The highest BCUT2D eigenvalue weighted by atomic mass is 16.5. The predicted molar refractivity (Wildman–Crippen MR) is 134 cm³/mol. The van der Waals surface area contributed by atoms with Crippen molar-refractivity contribution in [2.75, 3.05) is 35.5 Å². The fourth-order valence-electron chi connectivity index (χ4n) is 5.18. The summed E-state index contributed by atoms with van der Waals surface area (Å²) in [6.45, 7) is 5.13. The first-order valence-corrected chi connectivity index (χ1v) is 11.9. The van der Waals surface area contributed by atoms with Crippen LogP contribution < -0.4 is 18.9 Å². The molecule has 0 fully saturated rings. The molecule has 0 aliphatic carbocycles. The summed E-state index contributed by atoms with van der Waals surface area (Å²) in [7, 11) is 8.79. The molecule has 0 aromatic heterocycles. The van der Waals surface area contributed by atoms with Gasteiger partial charge < -0.3 is 18.9 Å². The van der Waals surface area contributed by atoms with Gasteiger partial charge in [-0.3, -0.25) is 4.90 Å². The molecule has 0 amide bonds. The Kier molecular flexibility index (Phi) is 8.33. The van der Waals surface area contributed by atoms with Crippen LogP contribution in [-0.4, -0.2) is 46.4 Å². The standard InChI is InChI=1S/C28H38N2O4/c1-19(2)28(18-29,22-10-11-24(31-4)27(16-22)34-7)12-8-9-23-13-20-14-25(32-5)26(33-6)15-21(20)17-30(23)3/h10-11,14-16,19,23H,8-9,12-13,17H2,1-7H3/t23-,28-/m0/s1. The number of fused-ring (bicyclic) bond motifs is 1. The fourth-order valence-corrected chi connectivity index (χ4v) is 5.18. The van der Waals surface area contributed by atoms with E-state index in [4.69, 9.17) is 18.9 Å². The third-order valence-electron chi connectivity index (χ3n) is 7.40. The van der Waals surface area contributed by atoms with Gasteiger partial charge >= 0.3 is 0 Å². The lowest BCUT2D eigenvalue weighted by Gasteiger charge is -2.36. The number of benzene rings is 2. The van der Waals surface area contributed by atoms with Crippen molar-refractivity contribution < 1.29 is 18.9 Å². The van der Waals surface area contributed by atoms with Crippen molar-refractivity contribution in [1.82, 2.24) is 4.90 Å². The van der Waals surface area contributed by atoms with Gasteiger partial charge in [0.1, 0.15) is 0 Å². The van der Waals surface area contributed by atoms with Crippen molar-refractivity contribution in [3.05, 3.63) is 47.0 Å². The second-order valence-corrected chi connectivity index (χ2v) is 9.45. The Balaban J connectivity index is 1.77. The van der Waals surface area contributed by atoms with Gasteiger partial charge in [0.2, 0.25) is 0 Å². The maximum absolute atomic E-state index is 10.4. The Morgan fingerprint density at radius 1 is 0.941 bits per heavy atom. The van der Waals surface area contributed by atoms with Gasteiger partial charge in [0.15, 0.2) is 23.0 Å². The summed E-state index contributed by atoms with van der Waals surface area (Å²) in [5.74, 6) is 3.06. The van der Waals surface area contributed by atoms with Crippen LogP contribution in [0.3, 0.4) is 0 Å². The number of likely N-dealkylation sites (N-methyl/N-ethyl adjacent to an activating group) is 1. The second kappa shape index (κ2) is 11.0. The quantitative estimate of drug-likeness (QED) is 0.469. The van der Waals surface area contributed by atoms with E-state index in [1.165, 1.54) is 11.1 Å². The number of hydrogen-bond acceptors (Lipinski definition) is 6. The van der Waals surface area contributed by atoms with Gasteiger partial charge in [0, 0.05) is 12.6 Å². The molecule has 0 spiro atoms. The lowest BCUT2D eigenvalue weighted by atomic mass is 9.69. The number of rotatable bonds is 10. The lowest BCUT2D eigenvalue weighted by Crippen LogP contribution is -2.38. The van der Waals surface area contributed by atoms with E-state index < -0.39 is 5.41 Å². The van der Waals surface area contributed by atoms with Gasteiger partial charge in [-0.05, 0) is 79.6 Å². The van der Waals surface area contributed by atoms with E-state index >= 15 is 0 Å². The largest absolute Gasteiger partial charge is 0.493 e. The first-order valence-electron chi connectivity index (χ1n) is 11.9. The summed E-state index contributed by atoms with van der Waals surface area (Å²) in [6.07, 6.45) is 3.73. The molecule has 2 atom stereocenters. The number of ether oxygens (including phenoxy) is 4. The van der Waals surface area contributed by atoms with Crippen molar-refractivity contribution in [2.45, 2.75) is 57.5 Å². The summed E-state index contributed by atoms with van der Waals surface area (Å²) in [5, 5.41) is 10.4. The number of nitriles is 1. The number of nitrogens with zero attached hydrogens (tertiary/aromatic N) is 2. The Bertz CT molecular complexity index is 1030. The summed E-state index contributed by atoms with van der Waals surface area (Å²) >= 11 is 0. The highest BCUT2D eigenvalue weighted by Gasteiger charge is 2.37. The van der Waals surface area contributed by atoms with Crippen LogP contribution in [0.25, 0.3) is 0 Å². The molecule has 0 N–H and O–H groups in total. The van der Waals surface area contributed by atoms with E-state index in [-0.39, 0.29) is 5.92 Å². The van der Waals surface area contributed by atoms with Crippen molar-refractivity contribution >= 4 is 0 Å². The molecule has 2 aromatic rings. The van der Waals surface area contributed by atoms with E-state index in [0.717, 1.165) is 49.3 Å². The molecule has 2 aromatic carbocycles. The smallest absolute Gasteiger partial charge is 0.161 e. The molecule has 1 aliphatic rings. The molecule has 0 saturated heterocycles. The van der Waals surface area contributed by atoms with Gasteiger partial charge in [0.25, 0.3) is 0 Å². The maximum Gasteiger partial charge on any atom is 0.161 e. The highest BCUT2D eigenvalue weighted by molar-refractivity contribution is 5.49. The predicted octanol–water partition coefficient (Wildman–Crippen LogP) is 5.37. The summed E-state index contributed by atoms with van der Waals surface area (Å²) in [4.78, 5) is 2.41. The van der Waals surface area contributed by atoms with Crippen LogP contribution in [-0.2, 0) is 18.4 Å². The van der Waals surface area contributed by atoms with Gasteiger partial charge in [-0.1, -0.05) is 19.9 Å². The zero-order valence-corrected chi connectivity index (χ0v) is 21.6. The zero-order valence-electron chi connectivity index (χ0n) is 21.6. The summed E-state index contributed by atoms with van der Waals surface area (Å²) in [6, 6.07) is 13.2. The third-order valence-corrected chi connectivity index (χ3v) is 7.40. The molecule has 1 heterocycles. The van der Waals surface area contributed by atoms with Crippen molar-refractivity contribution in [1.29, 1.82) is 5.26 Å². The fraction of sp³-hybridized carbons (Fsp3) is 0.536. The van der Waals surface area contributed by atoms with Crippen LogP contribution >= 0.6 is 0 Å². The molecule has 6 heteroatoms. The van der Waals surface area contributed by atoms with Crippen molar-refractivity contribution in [3.63, 3.8) is 0 Å². The maximum atomic E-state index is 10.4. The molecular formula is C28H38N2O4. The lowest BCUT2D eigenvalue weighted by molar-refractivity contribution is 0.194. The minimum absolute atomic E-state index is 0.164. The number of hydrogen-bond donors (Lipinski definition) is 0. The van der Waals surface area contributed by atoms with Gasteiger partial charge in [-0.2, -0.15) is 5.26 Å². The van der Waals surface area contributed by atoms with E-state index in [2.05, 4.69) is 44.0 Å². The Morgan fingerprint density at radius 2 is 1.53 bits per heavy atom. The van der Waals surface area contributed by atoms with E-state index in [0.29, 0.717) is 17.5 Å². The van der Waals surface area contributed by atoms with Crippen LogP contribution in [0.1, 0.15) is 49.8 Å². The van der Waals surface area contributed by atoms with Gasteiger partial charge in [0.05, 0.1) is 39.9 Å². The molecule has 0 radical (unpaired) electrons. The van der Waals surface area contributed by atoms with Gasteiger partial charge in [-0.15, -0.1) is 0 Å². The van der Waals surface area contributed by atoms with E-state index in [1.807, 2.05) is 18.2 Å². The normalized spacial score (nSPS) is 17.4. The summed E-state index contributed by atoms with van der Waals surface area (Å²) in [5.41, 5.74) is 3.01. The zero-order chi connectivity index (χ0) is 24.9. The SMILES string of the molecule is COc1ccc([C@](C#N)(CCC[C@H]2Cc3cc(OC)c(OC)cc3CN2C)C(C)C)cc1OC. The van der Waals surface area contributed by atoms with Crippen molar-refractivity contribution in [2.24, 2.45) is 5.92 Å². The molecule has 184 valence electrons. The molecule has 3 rings (SSSR count). The average molecular weight is 467 g/mol. The second-order valence-electron chi connectivity index (χ2n) is 9.45. The summed E-state index contributed by atoms with van der Waals surface area (Å²) < 4.78 is 21.9. The average Bonchev–Trinajstić information content (AvgIpc) is 2.85. The molecular weight excluding hydrogens is 428 g/mol. The highest BCUT2D eigenvalue weighted by Crippen LogP contribution is 2.41. The van der Waals surface area contributed by atoms with E-state index in [9.17, 15) is 5.26 Å². The van der Waals surface area contributed by atoms with Gasteiger partial charge in [-0.25, -0.2) is 0 Å². The Labute approximate surface area is 204 Å². The van der Waals surface area contributed by atoms with Crippen LogP contribution in [0.15, 0.2) is 30.3 Å².